The third-order valence-corrected chi connectivity index (χ3v) is 5.98. The van der Waals surface area contributed by atoms with Gasteiger partial charge in [-0.05, 0) is 49.3 Å². The summed E-state index contributed by atoms with van der Waals surface area (Å²) in [4.78, 5) is 12.8. The molecule has 31 heavy (non-hydrogen) atoms. The van der Waals surface area contributed by atoms with E-state index in [1.165, 1.54) is 17.5 Å². The molecule has 1 aliphatic rings. The number of ether oxygens (including phenoxy) is 1. The second-order valence-electron chi connectivity index (χ2n) is 8.73. The molecule has 0 N–H and O–H groups in total. The fraction of sp³-hybridized carbons (Fsp3) is 0.423. The molecule has 0 bridgehead atoms. The second-order valence-corrected chi connectivity index (χ2v) is 8.73. The molecule has 0 atom stereocenters. The number of nitrogens with zero attached hydrogens (tertiary/aromatic N) is 3. The van der Waals surface area contributed by atoms with E-state index in [-0.39, 0.29) is 12.3 Å². The fourth-order valence-electron chi connectivity index (χ4n) is 4.26. The summed E-state index contributed by atoms with van der Waals surface area (Å²) in [5.74, 6) is 3.43. The van der Waals surface area contributed by atoms with Crippen molar-refractivity contribution in [2.75, 3.05) is 0 Å². The number of aromatic nitrogens is 3. The summed E-state index contributed by atoms with van der Waals surface area (Å²) >= 11 is 0. The molecule has 0 unspecified atom stereocenters. The van der Waals surface area contributed by atoms with Gasteiger partial charge >= 0.3 is 5.82 Å². The van der Waals surface area contributed by atoms with Crippen molar-refractivity contribution in [2.24, 2.45) is 0 Å². The van der Waals surface area contributed by atoms with Gasteiger partial charge in [-0.1, -0.05) is 56.3 Å². The average Bonchev–Trinajstić information content (AvgIpc) is 2.92. The normalized spacial score (nSPS) is 13.7. The predicted octanol–water partition coefficient (Wildman–Crippen LogP) is 4.79. The number of Topliss-reactive ketones (excluding diaryl/α,β-unsaturated/α-hetero) is 1. The molecule has 1 aliphatic heterocycles. The van der Waals surface area contributed by atoms with Crippen molar-refractivity contribution in [3.63, 3.8) is 0 Å². The summed E-state index contributed by atoms with van der Waals surface area (Å²) in [5.41, 5.74) is 3.12. The van der Waals surface area contributed by atoms with E-state index >= 15 is 0 Å². The standard InChI is InChI=1S/C26H32N3O2/c1-19(2)22-14-13-20(3)16-24(22)31-18-25-27-29(26-12-8-5-9-15-28(25)26)17-23(30)21-10-6-4-7-11-21/h4,6-7,10-11,13-14,16,19H,5,8-9,12,15,17-18H2,1-3H3/q+1. The van der Waals surface area contributed by atoms with Crippen molar-refractivity contribution < 1.29 is 14.1 Å². The van der Waals surface area contributed by atoms with E-state index in [9.17, 15) is 4.79 Å². The van der Waals surface area contributed by atoms with Crippen LogP contribution in [-0.4, -0.2) is 15.6 Å². The van der Waals surface area contributed by atoms with Crippen molar-refractivity contribution in [3.8, 4) is 5.75 Å². The average molecular weight is 419 g/mol. The van der Waals surface area contributed by atoms with Gasteiger partial charge in [0.25, 0.3) is 0 Å². The number of hydrogen-bond donors (Lipinski definition) is 0. The number of carbonyl (C=O) groups excluding carboxylic acids is 1. The first kappa shape index (κ1) is 21.3. The van der Waals surface area contributed by atoms with Gasteiger partial charge < -0.3 is 4.74 Å². The number of fused-ring (bicyclic) bond motifs is 1. The minimum absolute atomic E-state index is 0.0870. The lowest BCUT2D eigenvalue weighted by molar-refractivity contribution is -0.712. The van der Waals surface area contributed by atoms with E-state index in [0.717, 1.165) is 48.8 Å². The Labute approximate surface area is 184 Å². The molecule has 2 heterocycles. The highest BCUT2D eigenvalue weighted by Gasteiger charge is 2.29. The van der Waals surface area contributed by atoms with Crippen LogP contribution < -0.4 is 9.30 Å². The Morgan fingerprint density at radius 1 is 1.13 bits per heavy atom. The molecular formula is C26H32N3O2+. The fourth-order valence-corrected chi connectivity index (χ4v) is 4.26. The molecule has 162 valence electrons. The number of carbonyl (C=O) groups is 1. The monoisotopic (exact) mass is 418 g/mol. The third kappa shape index (κ3) is 4.87. The van der Waals surface area contributed by atoms with Crippen LogP contribution in [0, 0.1) is 6.92 Å². The molecule has 4 rings (SSSR count). The van der Waals surface area contributed by atoms with Crippen LogP contribution in [0.5, 0.6) is 5.75 Å². The van der Waals surface area contributed by atoms with E-state index in [1.807, 2.05) is 35.0 Å². The number of hydrogen-bond acceptors (Lipinski definition) is 3. The molecule has 0 amide bonds. The quantitative estimate of drug-likeness (QED) is 0.409. The smallest absolute Gasteiger partial charge is 0.315 e. The summed E-state index contributed by atoms with van der Waals surface area (Å²) in [7, 11) is 0. The Balaban J connectivity index is 1.60. The minimum atomic E-state index is 0.0870. The summed E-state index contributed by atoms with van der Waals surface area (Å²) in [6.07, 6.45) is 4.40. The zero-order chi connectivity index (χ0) is 21.8. The van der Waals surface area contributed by atoms with Crippen molar-refractivity contribution in [2.45, 2.75) is 72.1 Å². The Morgan fingerprint density at radius 3 is 2.71 bits per heavy atom. The van der Waals surface area contributed by atoms with Crippen LogP contribution in [0.1, 0.15) is 72.2 Å². The lowest BCUT2D eigenvalue weighted by Crippen LogP contribution is -2.41. The molecule has 0 saturated heterocycles. The molecule has 3 aromatic rings. The van der Waals surface area contributed by atoms with E-state index in [4.69, 9.17) is 9.84 Å². The maximum atomic E-state index is 12.8. The lowest BCUT2D eigenvalue weighted by atomic mass is 10.0. The molecule has 0 saturated carbocycles. The molecular weight excluding hydrogens is 386 g/mol. The van der Waals surface area contributed by atoms with Crippen LogP contribution >= 0.6 is 0 Å². The Hall–Kier alpha value is -2.95. The van der Waals surface area contributed by atoms with Gasteiger partial charge in [-0.15, -0.1) is 4.68 Å². The number of benzene rings is 2. The Morgan fingerprint density at radius 2 is 1.94 bits per heavy atom. The largest absolute Gasteiger partial charge is 0.482 e. The molecule has 0 radical (unpaired) electrons. The van der Waals surface area contributed by atoms with E-state index < -0.39 is 0 Å². The van der Waals surface area contributed by atoms with Gasteiger partial charge in [0.2, 0.25) is 5.82 Å². The van der Waals surface area contributed by atoms with Gasteiger partial charge in [-0.3, -0.25) is 4.79 Å². The Kier molecular flexibility index (Phi) is 6.50. The maximum absolute atomic E-state index is 12.8. The summed E-state index contributed by atoms with van der Waals surface area (Å²) in [6.45, 7) is 8.05. The van der Waals surface area contributed by atoms with Crippen molar-refractivity contribution in [1.82, 2.24) is 9.78 Å². The van der Waals surface area contributed by atoms with Crippen molar-refractivity contribution >= 4 is 5.78 Å². The second kappa shape index (κ2) is 9.46. The lowest BCUT2D eigenvalue weighted by Gasteiger charge is -2.13. The van der Waals surface area contributed by atoms with Crippen LogP contribution in [-0.2, 0) is 26.1 Å². The van der Waals surface area contributed by atoms with Gasteiger partial charge in [0, 0.05) is 17.1 Å². The first-order valence-corrected chi connectivity index (χ1v) is 11.3. The molecule has 1 aromatic heterocycles. The van der Waals surface area contributed by atoms with E-state index in [1.54, 1.807) is 0 Å². The highest BCUT2D eigenvalue weighted by atomic mass is 16.5. The topological polar surface area (TPSA) is 48.0 Å². The highest BCUT2D eigenvalue weighted by Crippen LogP contribution is 2.28. The van der Waals surface area contributed by atoms with Gasteiger partial charge in [0.1, 0.15) is 5.75 Å². The third-order valence-electron chi connectivity index (χ3n) is 5.98. The first-order valence-electron chi connectivity index (χ1n) is 11.3. The summed E-state index contributed by atoms with van der Waals surface area (Å²) in [6, 6.07) is 15.9. The van der Waals surface area contributed by atoms with Gasteiger partial charge in [0.15, 0.2) is 18.9 Å². The van der Waals surface area contributed by atoms with E-state index in [0.29, 0.717) is 12.5 Å². The van der Waals surface area contributed by atoms with Crippen LogP contribution in [0.15, 0.2) is 48.5 Å². The molecule has 5 nitrogen and oxygen atoms in total. The van der Waals surface area contributed by atoms with Crippen LogP contribution in [0.2, 0.25) is 0 Å². The summed E-state index contributed by atoms with van der Waals surface area (Å²) < 4.78 is 10.5. The van der Waals surface area contributed by atoms with Gasteiger partial charge in [0.05, 0.1) is 6.54 Å². The van der Waals surface area contributed by atoms with Crippen LogP contribution in [0.3, 0.4) is 0 Å². The summed E-state index contributed by atoms with van der Waals surface area (Å²) in [5, 5.41) is 4.84. The van der Waals surface area contributed by atoms with Crippen molar-refractivity contribution in [3.05, 3.63) is 76.9 Å². The molecule has 2 aromatic carbocycles. The van der Waals surface area contributed by atoms with Crippen LogP contribution in [0.25, 0.3) is 0 Å². The first-order chi connectivity index (χ1) is 15.0. The zero-order valence-electron chi connectivity index (χ0n) is 18.8. The van der Waals surface area contributed by atoms with Crippen molar-refractivity contribution in [1.29, 1.82) is 0 Å². The van der Waals surface area contributed by atoms with E-state index in [2.05, 4.69) is 43.5 Å². The maximum Gasteiger partial charge on any atom is 0.315 e. The number of aryl methyl sites for hydroxylation is 1. The number of ketones is 1. The Bertz CT molecular complexity index is 1050. The van der Waals surface area contributed by atoms with Crippen LogP contribution in [0.4, 0.5) is 0 Å². The molecule has 0 aliphatic carbocycles. The number of rotatable bonds is 7. The minimum Gasteiger partial charge on any atom is -0.482 e. The molecule has 0 fully saturated rings. The predicted molar refractivity (Wildman–Crippen MR) is 120 cm³/mol. The SMILES string of the molecule is Cc1ccc(C(C)C)c(OCc2nn(CC(=O)c3ccccc3)c3[n+]2CCCCC3)c1. The zero-order valence-corrected chi connectivity index (χ0v) is 18.8. The van der Waals surface area contributed by atoms with Gasteiger partial charge in [-0.25, -0.2) is 4.57 Å². The molecule has 5 heteroatoms. The molecule has 0 spiro atoms. The highest BCUT2D eigenvalue weighted by molar-refractivity contribution is 5.95. The van der Waals surface area contributed by atoms with Gasteiger partial charge in [-0.2, -0.15) is 0 Å².